The second-order valence-electron chi connectivity index (χ2n) is 5.07. The van der Waals surface area contributed by atoms with E-state index in [4.69, 9.17) is 9.84 Å². The van der Waals surface area contributed by atoms with Crippen LogP contribution in [0.25, 0.3) is 0 Å². The monoisotopic (exact) mass is 369 g/mol. The number of aromatic hydroxyl groups is 1. The van der Waals surface area contributed by atoms with E-state index in [0.717, 1.165) is 18.2 Å². The number of carboxylic acid groups (broad SMARTS) is 1. The van der Waals surface area contributed by atoms with Crippen molar-refractivity contribution in [2.45, 2.75) is 11.3 Å². The topological polar surface area (TPSA) is 113 Å². The van der Waals surface area contributed by atoms with E-state index in [1.165, 1.54) is 7.11 Å². The summed E-state index contributed by atoms with van der Waals surface area (Å²) < 4.78 is 45.3. The van der Waals surface area contributed by atoms with Gasteiger partial charge in [-0.3, -0.25) is 0 Å². The molecule has 0 radical (unpaired) electrons. The van der Waals surface area contributed by atoms with Crippen molar-refractivity contribution in [3.63, 3.8) is 0 Å². The molecule has 0 aliphatic heterocycles. The van der Waals surface area contributed by atoms with Crippen molar-refractivity contribution in [1.29, 1.82) is 0 Å². The van der Waals surface area contributed by atoms with E-state index in [-0.39, 0.29) is 30.0 Å². The SMILES string of the molecule is COc1cccc(CCNS(=O)(=O)c2cc(C(=O)O)ccc2F)c1O. The van der Waals surface area contributed by atoms with Gasteiger partial charge in [0.1, 0.15) is 10.7 Å². The Balaban J connectivity index is 2.15. The average Bonchev–Trinajstić information content (AvgIpc) is 2.56. The third kappa shape index (κ3) is 4.25. The number of carboxylic acids is 1. The highest BCUT2D eigenvalue weighted by atomic mass is 32.2. The summed E-state index contributed by atoms with van der Waals surface area (Å²) in [5.41, 5.74) is 0.106. The molecule has 0 aromatic heterocycles. The van der Waals surface area contributed by atoms with Gasteiger partial charge < -0.3 is 14.9 Å². The normalized spacial score (nSPS) is 11.3. The molecule has 0 atom stereocenters. The summed E-state index contributed by atoms with van der Waals surface area (Å²) >= 11 is 0. The van der Waals surface area contributed by atoms with Crippen LogP contribution in [0.4, 0.5) is 4.39 Å². The van der Waals surface area contributed by atoms with Gasteiger partial charge in [0.2, 0.25) is 10.0 Å². The summed E-state index contributed by atoms with van der Waals surface area (Å²) in [6.45, 7) is -0.125. The molecular formula is C16H16FNO6S. The van der Waals surface area contributed by atoms with Crippen LogP contribution in [0.1, 0.15) is 15.9 Å². The van der Waals surface area contributed by atoms with Crippen molar-refractivity contribution in [2.24, 2.45) is 0 Å². The Hall–Kier alpha value is -2.65. The number of hydrogen-bond donors (Lipinski definition) is 3. The highest BCUT2D eigenvalue weighted by Crippen LogP contribution is 2.29. The second kappa shape index (κ2) is 7.49. The maximum absolute atomic E-state index is 13.8. The first-order chi connectivity index (χ1) is 11.8. The van der Waals surface area contributed by atoms with Gasteiger partial charge in [-0.05, 0) is 36.2 Å². The average molecular weight is 369 g/mol. The number of phenols is 1. The molecular weight excluding hydrogens is 353 g/mol. The molecule has 0 spiro atoms. The van der Waals surface area contributed by atoms with Crippen LogP contribution in [0.15, 0.2) is 41.3 Å². The van der Waals surface area contributed by atoms with Crippen LogP contribution in [-0.4, -0.2) is 38.3 Å². The van der Waals surface area contributed by atoms with Crippen LogP contribution in [-0.2, 0) is 16.4 Å². The van der Waals surface area contributed by atoms with Crippen LogP contribution in [0, 0.1) is 5.82 Å². The maximum atomic E-state index is 13.8. The first kappa shape index (κ1) is 18.7. The highest BCUT2D eigenvalue weighted by molar-refractivity contribution is 7.89. The van der Waals surface area contributed by atoms with E-state index < -0.39 is 26.7 Å². The van der Waals surface area contributed by atoms with Crippen LogP contribution >= 0.6 is 0 Å². The number of ether oxygens (including phenoxy) is 1. The molecule has 0 saturated carbocycles. The number of benzene rings is 2. The fourth-order valence-corrected chi connectivity index (χ4v) is 3.31. The molecule has 0 bridgehead atoms. The molecule has 2 rings (SSSR count). The van der Waals surface area contributed by atoms with Crippen molar-refractivity contribution >= 4 is 16.0 Å². The molecule has 134 valence electrons. The second-order valence-corrected chi connectivity index (χ2v) is 6.80. The lowest BCUT2D eigenvalue weighted by molar-refractivity contribution is 0.0696. The van der Waals surface area contributed by atoms with Crippen molar-refractivity contribution in [2.75, 3.05) is 13.7 Å². The molecule has 2 aromatic rings. The third-order valence-electron chi connectivity index (χ3n) is 3.46. The Morgan fingerprint density at radius 1 is 1.28 bits per heavy atom. The van der Waals surface area contributed by atoms with Gasteiger partial charge in [-0.1, -0.05) is 12.1 Å². The van der Waals surface area contributed by atoms with Gasteiger partial charge in [0.05, 0.1) is 12.7 Å². The summed E-state index contributed by atoms with van der Waals surface area (Å²) in [6, 6.07) is 7.30. The minimum Gasteiger partial charge on any atom is -0.504 e. The first-order valence-corrected chi connectivity index (χ1v) is 8.62. The minimum absolute atomic E-state index is 0.108. The predicted molar refractivity (Wildman–Crippen MR) is 86.9 cm³/mol. The summed E-state index contributed by atoms with van der Waals surface area (Å²) in [6.07, 6.45) is 0.127. The summed E-state index contributed by atoms with van der Waals surface area (Å²) in [5, 5.41) is 18.8. The van der Waals surface area contributed by atoms with Crippen LogP contribution in [0.3, 0.4) is 0 Å². The van der Waals surface area contributed by atoms with Gasteiger partial charge >= 0.3 is 5.97 Å². The number of phenolic OH excluding ortho intramolecular Hbond substituents is 1. The van der Waals surface area contributed by atoms with Crippen molar-refractivity contribution in [3.8, 4) is 11.5 Å². The minimum atomic E-state index is -4.25. The van der Waals surface area contributed by atoms with Crippen molar-refractivity contribution in [3.05, 3.63) is 53.3 Å². The van der Waals surface area contributed by atoms with E-state index in [1.54, 1.807) is 18.2 Å². The van der Waals surface area contributed by atoms with Crippen LogP contribution in [0.2, 0.25) is 0 Å². The van der Waals surface area contributed by atoms with Gasteiger partial charge in [-0.25, -0.2) is 22.3 Å². The van der Waals surface area contributed by atoms with Gasteiger partial charge in [-0.15, -0.1) is 0 Å². The Bertz CT molecular complexity index is 897. The maximum Gasteiger partial charge on any atom is 0.335 e. The summed E-state index contributed by atoms with van der Waals surface area (Å²) in [5.74, 6) is -2.27. The van der Waals surface area contributed by atoms with Gasteiger partial charge in [0, 0.05) is 6.54 Å². The summed E-state index contributed by atoms with van der Waals surface area (Å²) in [7, 11) is -2.86. The molecule has 9 heteroatoms. The van der Waals surface area contributed by atoms with E-state index >= 15 is 0 Å². The molecule has 0 aliphatic carbocycles. The zero-order valence-electron chi connectivity index (χ0n) is 13.2. The highest BCUT2D eigenvalue weighted by Gasteiger charge is 2.21. The van der Waals surface area contributed by atoms with Gasteiger partial charge in [0.25, 0.3) is 0 Å². The molecule has 0 aliphatic rings. The number of halogens is 1. The summed E-state index contributed by atoms with van der Waals surface area (Å²) in [4.78, 5) is 10.2. The zero-order valence-corrected chi connectivity index (χ0v) is 14.0. The third-order valence-corrected chi connectivity index (χ3v) is 4.93. The molecule has 25 heavy (non-hydrogen) atoms. The Labute approximate surface area is 143 Å². The molecule has 0 heterocycles. The molecule has 0 saturated heterocycles. The lowest BCUT2D eigenvalue weighted by atomic mass is 10.1. The van der Waals surface area contributed by atoms with E-state index in [9.17, 15) is 22.7 Å². The first-order valence-electron chi connectivity index (χ1n) is 7.13. The van der Waals surface area contributed by atoms with E-state index in [0.29, 0.717) is 5.56 Å². The van der Waals surface area contributed by atoms with Gasteiger partial charge in [-0.2, -0.15) is 0 Å². The number of nitrogens with one attached hydrogen (secondary N) is 1. The van der Waals surface area contributed by atoms with Crippen LogP contribution < -0.4 is 9.46 Å². The Morgan fingerprint density at radius 3 is 2.64 bits per heavy atom. The van der Waals surface area contributed by atoms with Crippen LogP contribution in [0.5, 0.6) is 11.5 Å². The lowest BCUT2D eigenvalue weighted by Crippen LogP contribution is -2.27. The predicted octanol–water partition coefficient (Wildman–Crippen LogP) is 1.76. The molecule has 3 N–H and O–H groups in total. The number of hydrogen-bond acceptors (Lipinski definition) is 5. The quantitative estimate of drug-likeness (QED) is 0.685. The van der Waals surface area contributed by atoms with Crippen molar-refractivity contribution < 1.29 is 32.6 Å². The largest absolute Gasteiger partial charge is 0.504 e. The number of carbonyl (C=O) groups is 1. The fraction of sp³-hybridized carbons (Fsp3) is 0.188. The molecule has 0 amide bonds. The lowest BCUT2D eigenvalue weighted by Gasteiger charge is -2.11. The smallest absolute Gasteiger partial charge is 0.335 e. The standard InChI is InChI=1S/C16H16FNO6S/c1-24-13-4-2-3-10(15(13)19)7-8-18-25(22,23)14-9-11(16(20)21)5-6-12(14)17/h2-6,9,18-19H,7-8H2,1H3,(H,20,21). The Kier molecular flexibility index (Phi) is 5.60. The fourth-order valence-electron chi connectivity index (χ4n) is 2.17. The molecule has 2 aromatic carbocycles. The molecule has 0 fully saturated rings. The number of methoxy groups -OCH3 is 1. The van der Waals surface area contributed by atoms with E-state index in [2.05, 4.69) is 4.72 Å². The number of sulfonamides is 1. The van der Waals surface area contributed by atoms with Gasteiger partial charge in [0.15, 0.2) is 11.5 Å². The van der Waals surface area contributed by atoms with Crippen molar-refractivity contribution in [1.82, 2.24) is 4.72 Å². The molecule has 0 unspecified atom stereocenters. The number of para-hydroxylation sites is 1. The number of rotatable bonds is 7. The van der Waals surface area contributed by atoms with E-state index in [1.807, 2.05) is 0 Å². The molecule has 7 nitrogen and oxygen atoms in total. The zero-order chi connectivity index (χ0) is 18.6. The number of aromatic carboxylic acids is 1. The Morgan fingerprint density at radius 2 is 2.00 bits per heavy atom.